The van der Waals surface area contributed by atoms with Crippen molar-refractivity contribution in [3.63, 3.8) is 0 Å². The summed E-state index contributed by atoms with van der Waals surface area (Å²) >= 11 is 3.58. The van der Waals surface area contributed by atoms with E-state index in [9.17, 15) is 14.7 Å². The van der Waals surface area contributed by atoms with Crippen LogP contribution in [0.1, 0.15) is 49.2 Å². The summed E-state index contributed by atoms with van der Waals surface area (Å²) < 4.78 is 4.07. The minimum Gasteiger partial charge on any atom is -0.501 e. The number of fused-ring (bicyclic) bond motifs is 1. The van der Waals surface area contributed by atoms with E-state index in [-0.39, 0.29) is 10.9 Å². The summed E-state index contributed by atoms with van der Waals surface area (Å²) in [6.07, 6.45) is 7.70. The number of rotatable bonds is 3. The van der Waals surface area contributed by atoms with Crippen molar-refractivity contribution in [2.75, 3.05) is 0 Å². The Morgan fingerprint density at radius 2 is 1.93 bits per heavy atom. The molecule has 0 spiro atoms. The number of aromatic nitrogens is 3. The number of aryl methyl sites for hydroxylation is 1. The van der Waals surface area contributed by atoms with Gasteiger partial charge in [0.25, 0.3) is 5.56 Å². The Kier molecular flexibility index (Phi) is 5.11. The molecule has 2 aromatic heterocycles. The fourth-order valence-electron chi connectivity index (χ4n) is 4.55. The number of halogens is 1. The first-order valence-corrected chi connectivity index (χ1v) is 10.7. The predicted molar refractivity (Wildman–Crippen MR) is 116 cm³/mol. The molecule has 1 N–H and O–H groups in total. The summed E-state index contributed by atoms with van der Waals surface area (Å²) in [6.45, 7) is 1.82. The molecule has 0 unspecified atom stereocenters. The van der Waals surface area contributed by atoms with Crippen LogP contribution in [-0.4, -0.2) is 19.1 Å². The third-order valence-electron chi connectivity index (χ3n) is 6.27. The summed E-state index contributed by atoms with van der Waals surface area (Å²) in [6, 6.07) is 8.31. The lowest BCUT2D eigenvalue weighted by Gasteiger charge is -2.38. The normalized spacial score (nSPS) is 16.2. The van der Waals surface area contributed by atoms with Crippen LogP contribution in [0.2, 0.25) is 0 Å². The lowest BCUT2D eigenvalue weighted by Crippen LogP contribution is -2.35. The molecule has 1 aromatic carbocycles. The fraction of sp³-hybridized carbons (Fsp3) is 0.409. The Morgan fingerprint density at radius 3 is 2.62 bits per heavy atom. The molecule has 3 aromatic rings. The van der Waals surface area contributed by atoms with Crippen molar-refractivity contribution in [1.82, 2.24) is 14.0 Å². The van der Waals surface area contributed by atoms with Crippen LogP contribution in [0.3, 0.4) is 0 Å². The maximum Gasteiger partial charge on any atom is 0.315 e. The van der Waals surface area contributed by atoms with Gasteiger partial charge in [-0.15, -0.1) is 0 Å². The summed E-state index contributed by atoms with van der Waals surface area (Å²) in [4.78, 5) is 29.4. The highest BCUT2D eigenvalue weighted by Crippen LogP contribution is 2.42. The molecule has 4 rings (SSSR count). The Morgan fingerprint density at radius 1 is 1.21 bits per heavy atom. The molecule has 0 radical (unpaired) electrons. The van der Waals surface area contributed by atoms with Gasteiger partial charge in [0.1, 0.15) is 5.82 Å². The zero-order valence-electron chi connectivity index (χ0n) is 16.6. The van der Waals surface area contributed by atoms with Gasteiger partial charge in [-0.1, -0.05) is 47.3 Å². The number of nitrogens with zero attached hydrogens (tertiary/aromatic N) is 3. The van der Waals surface area contributed by atoms with Gasteiger partial charge < -0.3 is 9.67 Å². The van der Waals surface area contributed by atoms with Crippen LogP contribution in [-0.2, 0) is 18.9 Å². The summed E-state index contributed by atoms with van der Waals surface area (Å²) in [5, 5.41) is 10.3. The molecular formula is C22H24BrN3O3. The van der Waals surface area contributed by atoms with Gasteiger partial charge in [-0.3, -0.25) is 14.0 Å². The van der Waals surface area contributed by atoms with Gasteiger partial charge in [-0.2, -0.15) is 4.98 Å². The van der Waals surface area contributed by atoms with Crippen molar-refractivity contribution in [1.29, 1.82) is 0 Å². The largest absolute Gasteiger partial charge is 0.501 e. The summed E-state index contributed by atoms with van der Waals surface area (Å²) in [5.74, 6) is -0.0695. The maximum absolute atomic E-state index is 12.8. The summed E-state index contributed by atoms with van der Waals surface area (Å²) in [5.41, 5.74) is 0.627. The van der Waals surface area contributed by atoms with E-state index >= 15 is 0 Å². The first-order chi connectivity index (χ1) is 13.8. The highest BCUT2D eigenvalue weighted by molar-refractivity contribution is 9.10. The van der Waals surface area contributed by atoms with Crippen molar-refractivity contribution in [3.05, 3.63) is 72.7 Å². The van der Waals surface area contributed by atoms with E-state index in [1.165, 1.54) is 16.6 Å². The Hall–Kier alpha value is -2.41. The minimum atomic E-state index is -0.749. The zero-order valence-corrected chi connectivity index (χ0v) is 18.2. The van der Waals surface area contributed by atoms with Crippen LogP contribution in [0, 0.1) is 6.92 Å². The van der Waals surface area contributed by atoms with E-state index < -0.39 is 16.9 Å². The van der Waals surface area contributed by atoms with Crippen LogP contribution in [0.15, 0.2) is 44.5 Å². The Balaban J connectivity index is 1.95. The van der Waals surface area contributed by atoms with Gasteiger partial charge in [-0.25, -0.2) is 0 Å². The number of benzene rings is 1. The van der Waals surface area contributed by atoms with Crippen molar-refractivity contribution < 1.29 is 5.11 Å². The quantitative estimate of drug-likeness (QED) is 0.651. The first kappa shape index (κ1) is 19.9. The first-order valence-electron chi connectivity index (χ1n) is 9.89. The van der Waals surface area contributed by atoms with Gasteiger partial charge in [0.15, 0.2) is 5.52 Å². The molecule has 6 nitrogen and oxygen atoms in total. The third kappa shape index (κ3) is 3.41. The molecule has 0 aliphatic heterocycles. The lowest BCUT2D eigenvalue weighted by molar-refractivity contribution is 0.284. The van der Waals surface area contributed by atoms with E-state index in [0.29, 0.717) is 12.2 Å². The molecule has 29 heavy (non-hydrogen) atoms. The minimum absolute atomic E-state index is 0.00620. The number of hydrogen-bond donors (Lipinski definition) is 1. The van der Waals surface area contributed by atoms with Crippen molar-refractivity contribution in [3.8, 4) is 5.75 Å². The fourth-order valence-corrected chi connectivity index (χ4v) is 4.95. The van der Waals surface area contributed by atoms with E-state index in [4.69, 9.17) is 0 Å². The molecule has 1 fully saturated rings. The molecule has 7 heteroatoms. The smallest absolute Gasteiger partial charge is 0.315 e. The second-order valence-electron chi connectivity index (χ2n) is 8.06. The molecule has 0 atom stereocenters. The van der Waals surface area contributed by atoms with E-state index in [1.807, 2.05) is 19.1 Å². The van der Waals surface area contributed by atoms with E-state index in [1.54, 1.807) is 17.6 Å². The average Bonchev–Trinajstić information content (AvgIpc) is 2.70. The van der Waals surface area contributed by atoms with E-state index in [2.05, 4.69) is 33.0 Å². The molecule has 0 bridgehead atoms. The molecule has 152 valence electrons. The van der Waals surface area contributed by atoms with Gasteiger partial charge >= 0.3 is 5.56 Å². The van der Waals surface area contributed by atoms with Crippen LogP contribution in [0.4, 0.5) is 0 Å². The van der Waals surface area contributed by atoms with Crippen LogP contribution >= 0.6 is 15.9 Å². The van der Waals surface area contributed by atoms with Crippen LogP contribution in [0.5, 0.6) is 5.75 Å². The highest BCUT2D eigenvalue weighted by atomic mass is 79.9. The number of aromatic hydroxyl groups is 1. The molecule has 0 saturated heterocycles. The molecular weight excluding hydrogens is 434 g/mol. The topological polar surface area (TPSA) is 76.6 Å². The molecule has 1 aliphatic carbocycles. The highest BCUT2D eigenvalue weighted by Gasteiger charge is 2.36. The average molecular weight is 458 g/mol. The number of hydrogen-bond acceptors (Lipinski definition) is 4. The predicted octanol–water partition coefficient (Wildman–Crippen LogP) is 3.61. The van der Waals surface area contributed by atoms with Gasteiger partial charge in [-0.05, 0) is 37.5 Å². The summed E-state index contributed by atoms with van der Waals surface area (Å²) in [7, 11) is 1.63. The van der Waals surface area contributed by atoms with Crippen molar-refractivity contribution >= 4 is 21.4 Å². The zero-order chi connectivity index (χ0) is 20.8. The molecule has 0 amide bonds. The van der Waals surface area contributed by atoms with Gasteiger partial charge in [0.2, 0.25) is 5.75 Å². The lowest BCUT2D eigenvalue weighted by atomic mass is 9.67. The van der Waals surface area contributed by atoms with E-state index in [0.717, 1.165) is 35.8 Å². The third-order valence-corrected chi connectivity index (χ3v) is 6.77. The monoisotopic (exact) mass is 457 g/mol. The van der Waals surface area contributed by atoms with Crippen LogP contribution in [0.25, 0.3) is 5.52 Å². The Labute approximate surface area is 177 Å². The van der Waals surface area contributed by atoms with Crippen molar-refractivity contribution in [2.24, 2.45) is 7.05 Å². The SMILES string of the molecule is Cc1cn2c(CC3(c4cccc(Br)c4)CCCCC3)nc(=O)c(O)c2c(=O)n1C. The van der Waals surface area contributed by atoms with Crippen molar-refractivity contribution in [2.45, 2.75) is 50.9 Å². The molecule has 1 aliphatic rings. The molecule has 1 saturated carbocycles. The maximum atomic E-state index is 12.8. The standard InChI is InChI=1S/C22H24BrN3O3/c1-14-13-26-17(24-20(28)19(27)18(26)21(29)25(14)2)12-22(9-4-3-5-10-22)15-7-6-8-16(23)11-15/h6-8,11,13,27H,3-5,9-10,12H2,1-2H3. The van der Waals surface area contributed by atoms with Gasteiger partial charge in [0.05, 0.1) is 0 Å². The van der Waals surface area contributed by atoms with Gasteiger partial charge in [0, 0.05) is 35.2 Å². The second-order valence-corrected chi connectivity index (χ2v) is 8.98. The Bertz CT molecular complexity index is 1210. The second kappa shape index (κ2) is 7.44. The van der Waals surface area contributed by atoms with Crippen LogP contribution < -0.4 is 11.1 Å². The molecule has 2 heterocycles.